The van der Waals surface area contributed by atoms with Crippen molar-refractivity contribution in [3.8, 4) is 0 Å². The van der Waals surface area contributed by atoms with Gasteiger partial charge < -0.3 is 20.0 Å². The molecule has 0 radical (unpaired) electrons. The number of halogens is 2. The zero-order valence-electron chi connectivity index (χ0n) is 18.7. The third-order valence-corrected chi connectivity index (χ3v) is 5.62. The lowest BCUT2D eigenvalue weighted by Crippen LogP contribution is -2.49. The number of carbonyl (C=O) groups is 1. The molecule has 1 aromatic heterocycles. The monoisotopic (exact) mass is 570 g/mol. The predicted octanol–water partition coefficient (Wildman–Crippen LogP) is 3.49. The molecular weight excluding hydrogens is 539 g/mol. The normalized spacial score (nSPS) is 14.0. The minimum Gasteiger partial charge on any atom is -0.357 e. The zero-order chi connectivity index (χ0) is 22.1. The molecule has 2 aromatic rings. The maximum atomic E-state index is 12.7. The van der Waals surface area contributed by atoms with E-state index in [1.807, 2.05) is 66.2 Å². The van der Waals surface area contributed by atoms with Gasteiger partial charge in [0.1, 0.15) is 5.82 Å². The fourth-order valence-electron chi connectivity index (χ4n) is 3.57. The van der Waals surface area contributed by atoms with Crippen LogP contribution in [0.3, 0.4) is 0 Å². The van der Waals surface area contributed by atoms with E-state index in [1.165, 1.54) is 0 Å². The van der Waals surface area contributed by atoms with Crippen molar-refractivity contribution >= 4 is 53.3 Å². The Balaban J connectivity index is 0.00000363. The SMILES string of the molecule is CCNC(=NCCC(=O)N1CCN(c2ccccn2)CC1)N(C)Cc1ccccc1Cl.I. The van der Waals surface area contributed by atoms with Crippen molar-refractivity contribution in [2.45, 2.75) is 19.9 Å². The molecule has 32 heavy (non-hydrogen) atoms. The van der Waals surface area contributed by atoms with Crippen LogP contribution < -0.4 is 10.2 Å². The van der Waals surface area contributed by atoms with Gasteiger partial charge in [-0.15, -0.1) is 24.0 Å². The Morgan fingerprint density at radius 3 is 2.53 bits per heavy atom. The molecule has 1 saturated heterocycles. The van der Waals surface area contributed by atoms with Gasteiger partial charge >= 0.3 is 0 Å². The largest absolute Gasteiger partial charge is 0.357 e. The highest BCUT2D eigenvalue weighted by atomic mass is 127. The van der Waals surface area contributed by atoms with Gasteiger partial charge in [-0.3, -0.25) is 9.79 Å². The molecule has 7 nitrogen and oxygen atoms in total. The van der Waals surface area contributed by atoms with Gasteiger partial charge in [-0.25, -0.2) is 4.98 Å². The Morgan fingerprint density at radius 2 is 1.88 bits per heavy atom. The summed E-state index contributed by atoms with van der Waals surface area (Å²) in [6, 6.07) is 13.7. The third-order valence-electron chi connectivity index (χ3n) is 5.25. The average molecular weight is 571 g/mol. The molecule has 174 valence electrons. The molecule has 0 atom stereocenters. The van der Waals surface area contributed by atoms with Crippen LogP contribution in [0, 0.1) is 0 Å². The second-order valence-electron chi connectivity index (χ2n) is 7.49. The Morgan fingerprint density at radius 1 is 1.16 bits per heavy atom. The summed E-state index contributed by atoms with van der Waals surface area (Å²) in [5.41, 5.74) is 1.04. The number of benzene rings is 1. The van der Waals surface area contributed by atoms with E-state index in [0.29, 0.717) is 32.6 Å². The fourth-order valence-corrected chi connectivity index (χ4v) is 3.76. The summed E-state index contributed by atoms with van der Waals surface area (Å²) in [6.07, 6.45) is 2.20. The molecule has 1 fully saturated rings. The zero-order valence-corrected chi connectivity index (χ0v) is 21.8. The van der Waals surface area contributed by atoms with E-state index in [2.05, 4.69) is 20.2 Å². The molecule has 3 rings (SSSR count). The summed E-state index contributed by atoms with van der Waals surface area (Å²) in [7, 11) is 1.98. The topological polar surface area (TPSA) is 64.1 Å². The number of hydrogen-bond acceptors (Lipinski definition) is 4. The molecule has 2 heterocycles. The summed E-state index contributed by atoms with van der Waals surface area (Å²) in [5, 5.41) is 4.03. The van der Waals surface area contributed by atoms with Crippen molar-refractivity contribution in [2.75, 3.05) is 51.2 Å². The number of guanidine groups is 1. The van der Waals surface area contributed by atoms with Gasteiger partial charge in [-0.1, -0.05) is 35.9 Å². The Kier molecular flexibility index (Phi) is 11.0. The maximum Gasteiger partial charge on any atom is 0.224 e. The minimum absolute atomic E-state index is 0. The summed E-state index contributed by atoms with van der Waals surface area (Å²) < 4.78 is 0. The van der Waals surface area contributed by atoms with E-state index >= 15 is 0 Å². The highest BCUT2D eigenvalue weighted by Gasteiger charge is 2.21. The molecule has 0 aliphatic carbocycles. The first-order valence-corrected chi connectivity index (χ1v) is 11.1. The standard InChI is InChI=1S/C23H31ClN6O.HI/c1-3-25-23(28(2)18-19-8-4-5-9-20(19)24)27-13-11-22(31)30-16-14-29(15-17-30)21-10-6-7-12-26-21;/h4-10,12H,3,11,13-18H2,1-2H3,(H,25,27);1H. The number of nitrogens with one attached hydrogen (secondary N) is 1. The number of anilines is 1. The number of pyridine rings is 1. The van der Waals surface area contributed by atoms with E-state index in [1.54, 1.807) is 6.20 Å². The molecule has 1 aliphatic rings. The van der Waals surface area contributed by atoms with E-state index in [9.17, 15) is 4.79 Å². The Labute approximate surface area is 212 Å². The number of aliphatic imine (C=N–C) groups is 1. The summed E-state index contributed by atoms with van der Waals surface area (Å²) >= 11 is 6.29. The molecule has 1 aliphatic heterocycles. The molecule has 9 heteroatoms. The van der Waals surface area contributed by atoms with E-state index in [-0.39, 0.29) is 29.9 Å². The highest BCUT2D eigenvalue weighted by molar-refractivity contribution is 14.0. The van der Waals surface area contributed by atoms with E-state index < -0.39 is 0 Å². The molecule has 0 spiro atoms. The van der Waals surface area contributed by atoms with Crippen molar-refractivity contribution < 1.29 is 4.79 Å². The van der Waals surface area contributed by atoms with Gasteiger partial charge in [0.15, 0.2) is 5.96 Å². The predicted molar refractivity (Wildman–Crippen MR) is 142 cm³/mol. The maximum absolute atomic E-state index is 12.7. The second kappa shape index (κ2) is 13.5. The minimum atomic E-state index is 0. The molecule has 1 aromatic carbocycles. The van der Waals surface area contributed by atoms with Gasteiger partial charge in [0, 0.05) is 64.0 Å². The van der Waals surface area contributed by atoms with Crippen LogP contribution in [-0.2, 0) is 11.3 Å². The highest BCUT2D eigenvalue weighted by Crippen LogP contribution is 2.16. The number of carbonyl (C=O) groups excluding carboxylic acids is 1. The summed E-state index contributed by atoms with van der Waals surface area (Å²) in [4.78, 5) is 27.9. The van der Waals surface area contributed by atoms with Gasteiger partial charge in [0.2, 0.25) is 5.91 Å². The number of aromatic nitrogens is 1. The van der Waals surface area contributed by atoms with Gasteiger partial charge in [0.05, 0.1) is 6.54 Å². The first-order valence-electron chi connectivity index (χ1n) is 10.7. The van der Waals surface area contributed by atoms with Crippen LogP contribution in [0.4, 0.5) is 5.82 Å². The molecule has 0 bridgehead atoms. The van der Waals surface area contributed by atoms with Gasteiger partial charge in [-0.05, 0) is 30.7 Å². The first-order chi connectivity index (χ1) is 15.1. The third kappa shape index (κ3) is 7.51. The second-order valence-corrected chi connectivity index (χ2v) is 7.90. The summed E-state index contributed by atoms with van der Waals surface area (Å²) in [6.45, 7) is 6.92. The van der Waals surface area contributed by atoms with Crippen LogP contribution in [0.2, 0.25) is 5.02 Å². The number of rotatable bonds is 7. The molecule has 0 saturated carbocycles. The van der Waals surface area contributed by atoms with Crippen molar-refractivity contribution in [3.63, 3.8) is 0 Å². The average Bonchev–Trinajstić information content (AvgIpc) is 2.80. The smallest absolute Gasteiger partial charge is 0.224 e. The molecular formula is C23H32ClIN6O. The van der Waals surface area contributed by atoms with Crippen LogP contribution in [0.25, 0.3) is 0 Å². The number of amides is 1. The van der Waals surface area contributed by atoms with E-state index in [4.69, 9.17) is 11.6 Å². The van der Waals surface area contributed by atoms with Crippen molar-refractivity contribution in [3.05, 3.63) is 59.2 Å². The van der Waals surface area contributed by atoms with Crippen molar-refractivity contribution in [1.82, 2.24) is 20.1 Å². The Hall–Kier alpha value is -2.07. The molecule has 1 amide bonds. The summed E-state index contributed by atoms with van der Waals surface area (Å²) in [5.74, 6) is 1.89. The van der Waals surface area contributed by atoms with Crippen molar-refractivity contribution in [1.29, 1.82) is 0 Å². The van der Waals surface area contributed by atoms with Crippen LogP contribution in [0.5, 0.6) is 0 Å². The van der Waals surface area contributed by atoms with E-state index in [0.717, 1.165) is 42.0 Å². The number of hydrogen-bond donors (Lipinski definition) is 1. The van der Waals surface area contributed by atoms with Crippen LogP contribution in [0.1, 0.15) is 18.9 Å². The lowest BCUT2D eigenvalue weighted by Gasteiger charge is -2.35. The van der Waals surface area contributed by atoms with Crippen molar-refractivity contribution in [2.24, 2.45) is 4.99 Å². The van der Waals surface area contributed by atoms with Crippen LogP contribution in [0.15, 0.2) is 53.7 Å². The molecule has 0 unspecified atom stereocenters. The molecule has 1 N–H and O–H groups in total. The van der Waals surface area contributed by atoms with Crippen LogP contribution in [-0.4, -0.2) is 73.0 Å². The van der Waals surface area contributed by atoms with Gasteiger partial charge in [-0.2, -0.15) is 0 Å². The lowest BCUT2D eigenvalue weighted by molar-refractivity contribution is -0.131. The first kappa shape index (κ1) is 26.2. The quantitative estimate of drug-likeness (QED) is 0.314. The van der Waals surface area contributed by atoms with Gasteiger partial charge in [0.25, 0.3) is 0 Å². The Bertz CT molecular complexity index is 874. The number of piperazine rings is 1. The fraction of sp³-hybridized carbons (Fsp3) is 0.435. The van der Waals surface area contributed by atoms with Crippen LogP contribution >= 0.6 is 35.6 Å². The lowest BCUT2D eigenvalue weighted by atomic mass is 10.2. The number of nitrogens with zero attached hydrogens (tertiary/aromatic N) is 5.